The molecule has 0 bridgehead atoms. The minimum Gasteiger partial charge on any atom is -0.392 e. The van der Waals surface area contributed by atoms with Gasteiger partial charge in [0.2, 0.25) is 0 Å². The van der Waals surface area contributed by atoms with Crippen molar-refractivity contribution in [3.8, 4) is 0 Å². The van der Waals surface area contributed by atoms with Crippen LogP contribution in [0.2, 0.25) is 0 Å². The van der Waals surface area contributed by atoms with Gasteiger partial charge in [-0.25, -0.2) is 4.79 Å². The zero-order valence-electron chi connectivity index (χ0n) is 15.7. The van der Waals surface area contributed by atoms with Gasteiger partial charge in [-0.3, -0.25) is 0 Å². The summed E-state index contributed by atoms with van der Waals surface area (Å²) in [6, 6.07) is 0.186. The Balaban J connectivity index is 1.65. The van der Waals surface area contributed by atoms with Crippen molar-refractivity contribution < 1.29 is 9.90 Å². The van der Waals surface area contributed by atoms with Crippen molar-refractivity contribution >= 4 is 6.03 Å². The standard InChI is InChI=1S/C18H36N4O2/c1-18(9-5-4-6-16(18)23)14-19-17(24)20-15-7-10-22(11-8-15)13-12-21(2)3/h15-16,23H,4-14H2,1-3H3,(H2,19,20,24). The van der Waals surface area contributed by atoms with Gasteiger partial charge in [0.05, 0.1) is 6.10 Å². The number of carbonyl (C=O) groups is 1. The first-order chi connectivity index (χ1) is 11.4. The maximum absolute atomic E-state index is 12.2. The molecule has 6 nitrogen and oxygen atoms in total. The van der Waals surface area contributed by atoms with E-state index in [1.165, 1.54) is 0 Å². The largest absolute Gasteiger partial charge is 0.392 e. The van der Waals surface area contributed by atoms with E-state index in [9.17, 15) is 9.90 Å². The highest BCUT2D eigenvalue weighted by atomic mass is 16.3. The monoisotopic (exact) mass is 340 g/mol. The first-order valence-corrected chi connectivity index (χ1v) is 9.48. The average molecular weight is 341 g/mol. The Kier molecular flexibility index (Phi) is 7.32. The molecule has 0 aromatic carbocycles. The van der Waals surface area contributed by atoms with Crippen LogP contribution in [0.25, 0.3) is 0 Å². The van der Waals surface area contributed by atoms with E-state index in [0.717, 1.165) is 64.7 Å². The molecule has 2 unspecified atom stereocenters. The van der Waals surface area contributed by atoms with Gasteiger partial charge in [0.15, 0.2) is 0 Å². The minimum atomic E-state index is -0.300. The SMILES string of the molecule is CN(C)CCN1CCC(NC(=O)NCC2(C)CCCCC2O)CC1. The number of rotatable bonds is 6. The normalized spacial score (nSPS) is 29.6. The van der Waals surface area contributed by atoms with Gasteiger partial charge in [-0.2, -0.15) is 0 Å². The van der Waals surface area contributed by atoms with Crippen molar-refractivity contribution in [1.82, 2.24) is 20.4 Å². The number of hydrogen-bond acceptors (Lipinski definition) is 4. The lowest BCUT2D eigenvalue weighted by atomic mass is 9.73. The fourth-order valence-electron chi connectivity index (χ4n) is 3.75. The summed E-state index contributed by atoms with van der Waals surface area (Å²) in [5.41, 5.74) is -0.175. The molecule has 3 N–H and O–H groups in total. The van der Waals surface area contributed by atoms with Crippen molar-refractivity contribution in [2.75, 3.05) is 46.8 Å². The van der Waals surface area contributed by atoms with E-state index in [-0.39, 0.29) is 23.6 Å². The summed E-state index contributed by atoms with van der Waals surface area (Å²) in [5.74, 6) is 0. The topological polar surface area (TPSA) is 67.8 Å². The summed E-state index contributed by atoms with van der Waals surface area (Å²) >= 11 is 0. The van der Waals surface area contributed by atoms with Crippen molar-refractivity contribution in [3.05, 3.63) is 0 Å². The van der Waals surface area contributed by atoms with Gasteiger partial charge in [-0.1, -0.05) is 19.8 Å². The van der Waals surface area contributed by atoms with Crippen LogP contribution in [-0.2, 0) is 0 Å². The third-order valence-electron chi connectivity index (χ3n) is 5.72. The lowest BCUT2D eigenvalue weighted by Crippen LogP contribution is -2.51. The number of urea groups is 1. The third kappa shape index (κ3) is 5.90. The minimum absolute atomic E-state index is 0.0826. The number of likely N-dealkylation sites (N-methyl/N-ethyl adjacent to an activating group) is 1. The third-order valence-corrected chi connectivity index (χ3v) is 5.72. The molecule has 0 aromatic rings. The summed E-state index contributed by atoms with van der Waals surface area (Å²) in [4.78, 5) is 16.8. The van der Waals surface area contributed by atoms with E-state index in [2.05, 4.69) is 41.5 Å². The van der Waals surface area contributed by atoms with E-state index in [1.807, 2.05) is 0 Å². The molecule has 1 saturated carbocycles. The quantitative estimate of drug-likeness (QED) is 0.681. The number of aliphatic hydroxyl groups excluding tert-OH is 1. The molecule has 1 aliphatic heterocycles. The molecule has 0 spiro atoms. The van der Waals surface area contributed by atoms with Crippen LogP contribution in [0.15, 0.2) is 0 Å². The molecule has 6 heteroatoms. The number of piperidine rings is 1. The van der Waals surface area contributed by atoms with Crippen LogP contribution < -0.4 is 10.6 Å². The maximum atomic E-state index is 12.2. The van der Waals surface area contributed by atoms with Crippen molar-refractivity contribution in [2.24, 2.45) is 5.41 Å². The van der Waals surface area contributed by atoms with Crippen molar-refractivity contribution in [3.63, 3.8) is 0 Å². The van der Waals surface area contributed by atoms with Crippen LogP contribution >= 0.6 is 0 Å². The number of amides is 2. The van der Waals surface area contributed by atoms with Gasteiger partial charge in [0.25, 0.3) is 0 Å². The highest BCUT2D eigenvalue weighted by Gasteiger charge is 2.35. The molecular weight excluding hydrogens is 304 g/mol. The van der Waals surface area contributed by atoms with E-state index in [1.54, 1.807) is 0 Å². The molecule has 2 atom stereocenters. The predicted molar refractivity (Wildman–Crippen MR) is 97.1 cm³/mol. The van der Waals surface area contributed by atoms with Crippen LogP contribution in [-0.4, -0.2) is 79.9 Å². The average Bonchev–Trinajstić information content (AvgIpc) is 2.55. The maximum Gasteiger partial charge on any atom is 0.315 e. The van der Waals surface area contributed by atoms with Gasteiger partial charge in [-0.05, 0) is 39.8 Å². The second kappa shape index (κ2) is 9.02. The Labute approximate surface area is 147 Å². The molecule has 0 radical (unpaired) electrons. The number of likely N-dealkylation sites (tertiary alicyclic amines) is 1. The Bertz CT molecular complexity index is 396. The molecule has 2 fully saturated rings. The first kappa shape index (κ1) is 19.5. The molecule has 1 aliphatic carbocycles. The fourth-order valence-corrected chi connectivity index (χ4v) is 3.75. The number of nitrogens with one attached hydrogen (secondary N) is 2. The number of hydrogen-bond donors (Lipinski definition) is 3. The van der Waals surface area contributed by atoms with Gasteiger partial charge in [0, 0.05) is 44.2 Å². The lowest BCUT2D eigenvalue weighted by Gasteiger charge is -2.38. The van der Waals surface area contributed by atoms with Gasteiger partial charge < -0.3 is 25.5 Å². The Hall–Kier alpha value is -0.850. The predicted octanol–water partition coefficient (Wildman–Crippen LogP) is 1.25. The highest BCUT2D eigenvalue weighted by Crippen LogP contribution is 2.35. The second-order valence-electron chi connectivity index (χ2n) is 8.16. The summed E-state index contributed by atoms with van der Waals surface area (Å²) in [6.45, 7) is 6.92. The second-order valence-corrected chi connectivity index (χ2v) is 8.16. The van der Waals surface area contributed by atoms with E-state index < -0.39 is 0 Å². The fraction of sp³-hybridized carbons (Fsp3) is 0.944. The number of carbonyl (C=O) groups excluding carboxylic acids is 1. The molecule has 1 heterocycles. The Morgan fingerprint density at radius 3 is 2.58 bits per heavy atom. The molecule has 1 saturated heterocycles. The molecule has 0 aromatic heterocycles. The van der Waals surface area contributed by atoms with Crippen LogP contribution in [0.5, 0.6) is 0 Å². The van der Waals surface area contributed by atoms with Crippen LogP contribution in [0.1, 0.15) is 45.4 Å². The van der Waals surface area contributed by atoms with Crippen molar-refractivity contribution in [2.45, 2.75) is 57.6 Å². The van der Waals surface area contributed by atoms with Crippen LogP contribution in [0, 0.1) is 5.41 Å². The summed E-state index contributed by atoms with van der Waals surface area (Å²) in [5, 5.41) is 16.3. The van der Waals surface area contributed by atoms with E-state index >= 15 is 0 Å². The Morgan fingerprint density at radius 2 is 1.96 bits per heavy atom. The lowest BCUT2D eigenvalue weighted by molar-refractivity contribution is 0.00301. The smallest absolute Gasteiger partial charge is 0.315 e. The van der Waals surface area contributed by atoms with Gasteiger partial charge in [-0.15, -0.1) is 0 Å². The molecule has 2 rings (SSSR count). The Morgan fingerprint density at radius 1 is 1.25 bits per heavy atom. The van der Waals surface area contributed by atoms with E-state index in [0.29, 0.717) is 6.54 Å². The van der Waals surface area contributed by atoms with Crippen molar-refractivity contribution in [1.29, 1.82) is 0 Å². The highest BCUT2D eigenvalue weighted by molar-refractivity contribution is 5.74. The summed E-state index contributed by atoms with van der Waals surface area (Å²) in [7, 11) is 4.20. The number of aliphatic hydroxyl groups is 1. The molecule has 2 amide bonds. The van der Waals surface area contributed by atoms with Gasteiger partial charge in [0.1, 0.15) is 0 Å². The molecule has 2 aliphatic rings. The van der Waals surface area contributed by atoms with Gasteiger partial charge >= 0.3 is 6.03 Å². The molecule has 140 valence electrons. The van der Waals surface area contributed by atoms with E-state index in [4.69, 9.17) is 0 Å². The zero-order chi connectivity index (χ0) is 17.6. The first-order valence-electron chi connectivity index (χ1n) is 9.48. The van der Waals surface area contributed by atoms with Crippen LogP contribution in [0.3, 0.4) is 0 Å². The summed E-state index contributed by atoms with van der Waals surface area (Å²) in [6.07, 6.45) is 5.80. The molecule has 24 heavy (non-hydrogen) atoms. The summed E-state index contributed by atoms with van der Waals surface area (Å²) < 4.78 is 0. The zero-order valence-corrected chi connectivity index (χ0v) is 15.7. The molecular formula is C18H36N4O2. The number of nitrogens with zero attached hydrogens (tertiary/aromatic N) is 2. The van der Waals surface area contributed by atoms with Crippen LogP contribution in [0.4, 0.5) is 4.79 Å².